The Morgan fingerprint density at radius 1 is 0.909 bits per heavy atom. The van der Waals surface area contributed by atoms with Crippen molar-refractivity contribution >= 4 is 11.9 Å². The van der Waals surface area contributed by atoms with Crippen LogP contribution in [0.4, 0.5) is 4.79 Å². The predicted octanol–water partition coefficient (Wildman–Crippen LogP) is 2.70. The summed E-state index contributed by atoms with van der Waals surface area (Å²) in [6.45, 7) is 4.77. The number of piperazine rings is 1. The number of nitrogens with zero attached hydrogens (tertiary/aromatic N) is 2. The quantitative estimate of drug-likeness (QED) is 0.746. The number of hydrogen-bond acceptors (Lipinski definition) is 6. The van der Waals surface area contributed by atoms with Gasteiger partial charge in [-0.15, -0.1) is 0 Å². The zero-order chi connectivity index (χ0) is 23.4. The summed E-state index contributed by atoms with van der Waals surface area (Å²) in [5.74, 6) is 2.38. The molecule has 1 N–H and O–H groups in total. The van der Waals surface area contributed by atoms with E-state index >= 15 is 0 Å². The molecule has 2 aromatic carbocycles. The fourth-order valence-corrected chi connectivity index (χ4v) is 3.95. The van der Waals surface area contributed by atoms with E-state index < -0.39 is 0 Å². The summed E-state index contributed by atoms with van der Waals surface area (Å²) in [5, 5.41) is 3.03. The molecule has 0 radical (unpaired) electrons. The minimum atomic E-state index is -0.198. The van der Waals surface area contributed by atoms with Crippen LogP contribution in [0.2, 0.25) is 0 Å². The maximum Gasteiger partial charge on any atom is 0.317 e. The van der Waals surface area contributed by atoms with E-state index in [2.05, 4.69) is 5.32 Å². The number of benzene rings is 2. The molecule has 1 atom stereocenters. The molecule has 9 heteroatoms. The van der Waals surface area contributed by atoms with Crippen LogP contribution in [0.3, 0.4) is 0 Å². The first kappa shape index (κ1) is 22.6. The second-order valence-corrected chi connectivity index (χ2v) is 7.92. The molecule has 0 spiro atoms. The lowest BCUT2D eigenvalue weighted by Gasteiger charge is -2.35. The Bertz CT molecular complexity index is 1020. The van der Waals surface area contributed by atoms with Crippen molar-refractivity contribution < 1.29 is 28.5 Å². The average molecular weight is 456 g/mol. The number of methoxy groups -OCH3 is 2. The number of urea groups is 1. The van der Waals surface area contributed by atoms with E-state index in [1.54, 1.807) is 35.1 Å². The van der Waals surface area contributed by atoms with Crippen molar-refractivity contribution in [2.45, 2.75) is 13.0 Å². The second-order valence-electron chi connectivity index (χ2n) is 7.92. The molecular formula is C24H29N3O6. The lowest BCUT2D eigenvalue weighted by Crippen LogP contribution is -2.53. The fourth-order valence-electron chi connectivity index (χ4n) is 3.95. The molecule has 176 valence electrons. The van der Waals surface area contributed by atoms with E-state index in [4.69, 9.17) is 18.9 Å². The summed E-state index contributed by atoms with van der Waals surface area (Å²) in [5.41, 5.74) is 1.41. The van der Waals surface area contributed by atoms with Crippen LogP contribution in [0.5, 0.6) is 23.0 Å². The van der Waals surface area contributed by atoms with Crippen LogP contribution in [0.1, 0.15) is 28.9 Å². The highest BCUT2D eigenvalue weighted by molar-refractivity contribution is 5.97. The topological polar surface area (TPSA) is 89.6 Å². The maximum atomic E-state index is 13.0. The van der Waals surface area contributed by atoms with Crippen molar-refractivity contribution in [1.82, 2.24) is 15.1 Å². The van der Waals surface area contributed by atoms with Gasteiger partial charge in [-0.2, -0.15) is 0 Å². The summed E-state index contributed by atoms with van der Waals surface area (Å²) in [6, 6.07) is 10.5. The third kappa shape index (κ3) is 4.92. The van der Waals surface area contributed by atoms with Gasteiger partial charge < -0.3 is 34.1 Å². The molecular weight excluding hydrogens is 426 g/mol. The Morgan fingerprint density at radius 2 is 1.61 bits per heavy atom. The largest absolute Gasteiger partial charge is 0.497 e. The molecule has 0 saturated carbocycles. The van der Waals surface area contributed by atoms with Gasteiger partial charge in [-0.1, -0.05) is 6.07 Å². The number of carbonyl (C=O) groups is 2. The van der Waals surface area contributed by atoms with Crippen LogP contribution in [0, 0.1) is 0 Å². The van der Waals surface area contributed by atoms with E-state index in [-0.39, 0.29) is 18.0 Å². The van der Waals surface area contributed by atoms with E-state index in [1.165, 1.54) is 7.11 Å². The molecule has 1 unspecified atom stereocenters. The van der Waals surface area contributed by atoms with Crippen molar-refractivity contribution in [2.24, 2.45) is 0 Å². The normalized spacial score (nSPS) is 16.1. The minimum Gasteiger partial charge on any atom is -0.497 e. The van der Waals surface area contributed by atoms with E-state index in [0.29, 0.717) is 62.2 Å². The van der Waals surface area contributed by atoms with Crippen LogP contribution in [-0.4, -0.2) is 75.4 Å². The van der Waals surface area contributed by atoms with Crippen molar-refractivity contribution in [3.05, 3.63) is 47.5 Å². The molecule has 33 heavy (non-hydrogen) atoms. The highest BCUT2D eigenvalue weighted by atomic mass is 16.6. The van der Waals surface area contributed by atoms with E-state index in [9.17, 15) is 9.59 Å². The van der Waals surface area contributed by atoms with Crippen molar-refractivity contribution in [3.8, 4) is 23.0 Å². The third-order valence-corrected chi connectivity index (χ3v) is 5.90. The van der Waals surface area contributed by atoms with Gasteiger partial charge in [0.25, 0.3) is 5.91 Å². The number of ether oxygens (including phenoxy) is 4. The van der Waals surface area contributed by atoms with Gasteiger partial charge >= 0.3 is 6.03 Å². The summed E-state index contributed by atoms with van der Waals surface area (Å²) in [4.78, 5) is 29.3. The fraction of sp³-hybridized carbons (Fsp3) is 0.417. The minimum absolute atomic E-state index is 0.126. The number of nitrogens with one attached hydrogen (secondary N) is 1. The Morgan fingerprint density at radius 3 is 2.30 bits per heavy atom. The van der Waals surface area contributed by atoms with Crippen molar-refractivity contribution in [3.63, 3.8) is 0 Å². The standard InChI is InChI=1S/C24H29N3O6/c1-16(17-4-7-20-22(14-17)33-13-12-32-20)25-24(29)27-10-8-26(9-11-27)23(28)19-6-5-18(30-2)15-21(19)31-3/h4-7,14-16H,8-13H2,1-3H3,(H,25,29). The monoisotopic (exact) mass is 455 g/mol. The Labute approximate surface area is 193 Å². The second kappa shape index (κ2) is 9.89. The molecule has 0 aliphatic carbocycles. The predicted molar refractivity (Wildman–Crippen MR) is 121 cm³/mol. The number of amides is 3. The highest BCUT2D eigenvalue weighted by Crippen LogP contribution is 2.32. The zero-order valence-electron chi connectivity index (χ0n) is 19.1. The molecule has 2 heterocycles. The van der Waals surface area contributed by atoms with Gasteiger partial charge in [-0.25, -0.2) is 4.79 Å². The van der Waals surface area contributed by atoms with Crippen molar-refractivity contribution in [1.29, 1.82) is 0 Å². The Hall–Kier alpha value is -3.62. The average Bonchev–Trinajstić information content (AvgIpc) is 2.87. The van der Waals surface area contributed by atoms with Gasteiger partial charge in [-0.3, -0.25) is 4.79 Å². The summed E-state index contributed by atoms with van der Waals surface area (Å²) in [7, 11) is 3.09. The molecule has 0 aromatic heterocycles. The SMILES string of the molecule is COc1ccc(C(=O)N2CCN(C(=O)NC(C)c3ccc4c(c3)OCCO4)CC2)c(OC)c1. The first-order valence-corrected chi connectivity index (χ1v) is 11.0. The van der Waals surface area contributed by atoms with Gasteiger partial charge in [0.05, 0.1) is 25.8 Å². The molecule has 1 fully saturated rings. The number of hydrogen-bond donors (Lipinski definition) is 1. The first-order valence-electron chi connectivity index (χ1n) is 11.0. The number of carbonyl (C=O) groups excluding carboxylic acids is 2. The van der Waals surface area contributed by atoms with E-state index in [1.807, 2.05) is 25.1 Å². The third-order valence-electron chi connectivity index (χ3n) is 5.90. The molecule has 4 rings (SSSR count). The number of fused-ring (bicyclic) bond motifs is 1. The maximum absolute atomic E-state index is 13.0. The number of rotatable bonds is 5. The molecule has 3 amide bonds. The van der Waals surface area contributed by atoms with Gasteiger partial charge in [0.15, 0.2) is 11.5 Å². The summed E-state index contributed by atoms with van der Waals surface area (Å²) >= 11 is 0. The molecule has 2 aromatic rings. The first-order chi connectivity index (χ1) is 16.0. The van der Waals surface area contributed by atoms with Crippen LogP contribution in [0.15, 0.2) is 36.4 Å². The smallest absolute Gasteiger partial charge is 0.317 e. The van der Waals surface area contributed by atoms with Crippen LogP contribution >= 0.6 is 0 Å². The van der Waals surface area contributed by atoms with Crippen LogP contribution in [-0.2, 0) is 0 Å². The van der Waals surface area contributed by atoms with E-state index in [0.717, 1.165) is 11.3 Å². The lowest BCUT2D eigenvalue weighted by molar-refractivity contribution is 0.0660. The zero-order valence-corrected chi connectivity index (χ0v) is 19.1. The summed E-state index contributed by atoms with van der Waals surface area (Å²) in [6.07, 6.45) is 0. The lowest BCUT2D eigenvalue weighted by atomic mass is 10.1. The van der Waals surface area contributed by atoms with Crippen molar-refractivity contribution in [2.75, 3.05) is 53.6 Å². The molecule has 9 nitrogen and oxygen atoms in total. The molecule has 2 aliphatic heterocycles. The molecule has 1 saturated heterocycles. The molecule has 0 bridgehead atoms. The Balaban J connectivity index is 1.33. The Kier molecular flexibility index (Phi) is 6.76. The van der Waals surface area contributed by atoms with Gasteiger partial charge in [-0.05, 0) is 36.8 Å². The van der Waals surface area contributed by atoms with Gasteiger partial charge in [0.2, 0.25) is 0 Å². The van der Waals surface area contributed by atoms with Gasteiger partial charge in [0.1, 0.15) is 24.7 Å². The van der Waals surface area contributed by atoms with Gasteiger partial charge in [0, 0.05) is 32.2 Å². The van der Waals surface area contributed by atoms with Crippen LogP contribution < -0.4 is 24.3 Å². The summed E-state index contributed by atoms with van der Waals surface area (Å²) < 4.78 is 21.7. The molecule has 2 aliphatic rings. The highest BCUT2D eigenvalue weighted by Gasteiger charge is 2.27. The van der Waals surface area contributed by atoms with Crippen LogP contribution in [0.25, 0.3) is 0 Å².